The van der Waals surface area contributed by atoms with E-state index in [2.05, 4.69) is 31.8 Å². The highest BCUT2D eigenvalue weighted by Gasteiger charge is 2.13. The monoisotopic (exact) mass is 307 g/mol. The van der Waals surface area contributed by atoms with Gasteiger partial charge in [0.05, 0.1) is 18.4 Å². The van der Waals surface area contributed by atoms with E-state index in [4.69, 9.17) is 4.74 Å². The Morgan fingerprint density at radius 3 is 2.74 bits per heavy atom. The molecule has 0 fully saturated rings. The first-order valence-corrected chi connectivity index (χ1v) is 7.18. The molecule has 2 N–H and O–H groups in total. The number of H-pyrrole nitrogens is 1. The van der Waals surface area contributed by atoms with Gasteiger partial charge in [0.15, 0.2) is 0 Å². The van der Waals surface area contributed by atoms with Gasteiger partial charge in [-0.25, -0.2) is 15.0 Å². The van der Waals surface area contributed by atoms with Gasteiger partial charge < -0.3 is 15.0 Å². The van der Waals surface area contributed by atoms with Crippen LogP contribution >= 0.6 is 0 Å². The number of anilines is 1. The molecule has 0 aliphatic rings. The molecule has 0 saturated heterocycles. The number of nitrogens with one attached hydrogen (secondary N) is 2. The second-order valence-corrected chi connectivity index (χ2v) is 4.79. The Balaban J connectivity index is 2.07. The van der Waals surface area contributed by atoms with E-state index in [1.165, 1.54) is 0 Å². The van der Waals surface area contributed by atoms with Crippen LogP contribution in [-0.2, 0) is 0 Å². The van der Waals surface area contributed by atoms with Crippen LogP contribution in [0.4, 0.5) is 5.95 Å². The smallest absolute Gasteiger partial charge is 0.223 e. The van der Waals surface area contributed by atoms with Crippen molar-refractivity contribution in [3.05, 3.63) is 55.5 Å². The number of rotatable bonds is 6. The molecule has 2 aromatic heterocycles. The van der Waals surface area contributed by atoms with Crippen molar-refractivity contribution < 1.29 is 4.74 Å². The van der Waals surface area contributed by atoms with Crippen LogP contribution in [0.15, 0.2) is 55.5 Å². The zero-order valence-electron chi connectivity index (χ0n) is 12.8. The first-order chi connectivity index (χ1) is 11.3. The topological polar surface area (TPSA) is 75.7 Å². The van der Waals surface area contributed by atoms with E-state index in [9.17, 15) is 0 Å². The van der Waals surface area contributed by atoms with Crippen LogP contribution in [0.2, 0.25) is 0 Å². The van der Waals surface area contributed by atoms with Gasteiger partial charge in [-0.1, -0.05) is 6.08 Å². The summed E-state index contributed by atoms with van der Waals surface area (Å²) in [5, 5.41) is 3.10. The van der Waals surface area contributed by atoms with Crippen LogP contribution in [-0.4, -0.2) is 33.6 Å². The SMILES string of the molecule is C=CCNc1ncc(-c2ncc[nH]2)c(-c2ccc(OC)cc2)n1. The van der Waals surface area contributed by atoms with E-state index in [1.807, 2.05) is 24.3 Å². The number of aromatic amines is 1. The minimum Gasteiger partial charge on any atom is -0.497 e. The number of methoxy groups -OCH3 is 1. The summed E-state index contributed by atoms with van der Waals surface area (Å²) in [5.74, 6) is 2.07. The maximum Gasteiger partial charge on any atom is 0.223 e. The van der Waals surface area contributed by atoms with Gasteiger partial charge in [0.1, 0.15) is 11.6 Å². The molecule has 0 atom stereocenters. The molecule has 0 unspecified atom stereocenters. The van der Waals surface area contributed by atoms with Crippen LogP contribution in [0, 0.1) is 0 Å². The summed E-state index contributed by atoms with van der Waals surface area (Å²) < 4.78 is 5.21. The van der Waals surface area contributed by atoms with Crippen LogP contribution in [0.25, 0.3) is 22.6 Å². The number of aromatic nitrogens is 4. The summed E-state index contributed by atoms with van der Waals surface area (Å²) in [4.78, 5) is 16.4. The summed E-state index contributed by atoms with van der Waals surface area (Å²) in [6.45, 7) is 4.29. The fourth-order valence-electron chi connectivity index (χ4n) is 2.19. The average molecular weight is 307 g/mol. The average Bonchev–Trinajstić information content (AvgIpc) is 3.14. The van der Waals surface area contributed by atoms with E-state index in [-0.39, 0.29) is 0 Å². The normalized spacial score (nSPS) is 10.3. The Morgan fingerprint density at radius 1 is 1.26 bits per heavy atom. The van der Waals surface area contributed by atoms with Crippen molar-refractivity contribution >= 4 is 5.95 Å². The lowest BCUT2D eigenvalue weighted by Crippen LogP contribution is -2.04. The van der Waals surface area contributed by atoms with Gasteiger partial charge in [-0.3, -0.25) is 0 Å². The molecule has 116 valence electrons. The third kappa shape index (κ3) is 3.21. The molecule has 6 nitrogen and oxygen atoms in total. The Labute approximate surface area is 134 Å². The number of imidazole rings is 1. The summed E-state index contributed by atoms with van der Waals surface area (Å²) in [5.41, 5.74) is 2.59. The summed E-state index contributed by atoms with van der Waals surface area (Å²) in [7, 11) is 1.64. The van der Waals surface area contributed by atoms with Gasteiger partial charge in [-0.2, -0.15) is 0 Å². The summed E-state index contributed by atoms with van der Waals surface area (Å²) >= 11 is 0. The molecule has 23 heavy (non-hydrogen) atoms. The summed E-state index contributed by atoms with van der Waals surface area (Å²) in [6, 6.07) is 7.73. The molecule has 0 radical (unpaired) electrons. The Bertz CT molecular complexity index is 781. The molecule has 0 spiro atoms. The van der Waals surface area contributed by atoms with E-state index >= 15 is 0 Å². The van der Waals surface area contributed by atoms with Gasteiger partial charge in [0.25, 0.3) is 0 Å². The van der Waals surface area contributed by atoms with Crippen LogP contribution < -0.4 is 10.1 Å². The maximum atomic E-state index is 5.21. The van der Waals surface area contributed by atoms with Crippen molar-refractivity contribution in [1.29, 1.82) is 0 Å². The largest absolute Gasteiger partial charge is 0.497 e. The molecule has 2 heterocycles. The molecule has 3 aromatic rings. The van der Waals surface area contributed by atoms with E-state index < -0.39 is 0 Å². The molecule has 0 aliphatic carbocycles. The minimum atomic E-state index is 0.547. The first-order valence-electron chi connectivity index (χ1n) is 7.18. The third-order valence-electron chi connectivity index (χ3n) is 3.31. The third-order valence-corrected chi connectivity index (χ3v) is 3.31. The second-order valence-electron chi connectivity index (χ2n) is 4.79. The predicted octanol–water partition coefficient (Wildman–Crippen LogP) is 3.14. The Kier molecular flexibility index (Phi) is 4.33. The lowest BCUT2D eigenvalue weighted by atomic mass is 10.1. The van der Waals surface area contributed by atoms with Gasteiger partial charge in [0.2, 0.25) is 5.95 Å². The molecule has 0 aliphatic heterocycles. The van der Waals surface area contributed by atoms with Crippen molar-refractivity contribution in [3.8, 4) is 28.4 Å². The van der Waals surface area contributed by atoms with Crippen molar-refractivity contribution in [3.63, 3.8) is 0 Å². The number of hydrogen-bond donors (Lipinski definition) is 2. The van der Waals surface area contributed by atoms with Crippen molar-refractivity contribution in [2.75, 3.05) is 19.0 Å². The quantitative estimate of drug-likeness (QED) is 0.684. The van der Waals surface area contributed by atoms with E-state index in [0.717, 1.165) is 28.4 Å². The van der Waals surface area contributed by atoms with Gasteiger partial charge in [-0.15, -0.1) is 6.58 Å². The van der Waals surface area contributed by atoms with E-state index in [1.54, 1.807) is 31.8 Å². The molecule has 0 amide bonds. The maximum absolute atomic E-state index is 5.21. The first kappa shape index (κ1) is 14.8. The Hall–Kier alpha value is -3.15. The fraction of sp³-hybridized carbons (Fsp3) is 0.118. The zero-order valence-corrected chi connectivity index (χ0v) is 12.8. The summed E-state index contributed by atoms with van der Waals surface area (Å²) in [6.07, 6.45) is 7.00. The highest BCUT2D eigenvalue weighted by Crippen LogP contribution is 2.29. The fourth-order valence-corrected chi connectivity index (χ4v) is 2.19. The minimum absolute atomic E-state index is 0.547. The lowest BCUT2D eigenvalue weighted by Gasteiger charge is -2.10. The molecule has 1 aromatic carbocycles. The van der Waals surface area contributed by atoms with Crippen LogP contribution in [0.1, 0.15) is 0 Å². The number of hydrogen-bond acceptors (Lipinski definition) is 5. The number of ether oxygens (including phenoxy) is 1. The van der Waals surface area contributed by atoms with Crippen LogP contribution in [0.5, 0.6) is 5.75 Å². The van der Waals surface area contributed by atoms with Gasteiger partial charge in [-0.05, 0) is 24.3 Å². The second kappa shape index (κ2) is 6.74. The van der Waals surface area contributed by atoms with Crippen molar-refractivity contribution in [1.82, 2.24) is 19.9 Å². The number of benzene rings is 1. The lowest BCUT2D eigenvalue weighted by molar-refractivity contribution is 0.415. The van der Waals surface area contributed by atoms with Crippen molar-refractivity contribution in [2.24, 2.45) is 0 Å². The molecule has 0 saturated carbocycles. The van der Waals surface area contributed by atoms with Crippen LogP contribution in [0.3, 0.4) is 0 Å². The number of nitrogens with zero attached hydrogens (tertiary/aromatic N) is 3. The predicted molar refractivity (Wildman–Crippen MR) is 90.3 cm³/mol. The molecule has 3 rings (SSSR count). The molecular formula is C17H17N5O. The molecular weight excluding hydrogens is 290 g/mol. The Morgan fingerprint density at radius 2 is 2.09 bits per heavy atom. The standard InChI is InChI=1S/C17H17N5O/c1-3-8-20-17-21-11-14(16-18-9-10-19-16)15(22-17)12-4-6-13(23-2)7-5-12/h3-7,9-11H,1,8H2,2H3,(H,18,19)(H,20,21,22). The van der Waals surface area contributed by atoms with E-state index in [0.29, 0.717) is 12.5 Å². The van der Waals surface area contributed by atoms with Crippen molar-refractivity contribution in [2.45, 2.75) is 0 Å². The molecule has 6 heteroatoms. The highest BCUT2D eigenvalue weighted by molar-refractivity contribution is 5.77. The van der Waals surface area contributed by atoms with Gasteiger partial charge in [0, 0.05) is 30.7 Å². The molecule has 0 bridgehead atoms. The van der Waals surface area contributed by atoms with Gasteiger partial charge >= 0.3 is 0 Å². The zero-order chi connectivity index (χ0) is 16.1. The highest BCUT2D eigenvalue weighted by atomic mass is 16.5.